The molecular formula is C19H40O5Si. The first-order chi connectivity index (χ1) is 11.3. The standard InChI is InChI=1S/C19H40O5Si/c1-14(2)19(9,10)18(20)21-12-11-13-25(22-15(3)4,23-16(5)6)24-17(7)8/h14-17H,11-13H2,1-10H3. The summed E-state index contributed by atoms with van der Waals surface area (Å²) in [4.78, 5) is 12.3. The van der Waals surface area contributed by atoms with Crippen molar-refractivity contribution in [2.24, 2.45) is 11.3 Å². The third kappa shape index (κ3) is 9.17. The molecule has 5 nitrogen and oxygen atoms in total. The van der Waals surface area contributed by atoms with Crippen molar-refractivity contribution in [3.05, 3.63) is 0 Å². The molecule has 0 amide bonds. The second-order valence-electron chi connectivity index (χ2n) is 8.30. The summed E-state index contributed by atoms with van der Waals surface area (Å²) < 4.78 is 23.9. The predicted molar refractivity (Wildman–Crippen MR) is 103 cm³/mol. The lowest BCUT2D eigenvalue weighted by atomic mass is 9.81. The van der Waals surface area contributed by atoms with Gasteiger partial charge in [-0.2, -0.15) is 0 Å². The van der Waals surface area contributed by atoms with E-state index in [-0.39, 0.29) is 30.2 Å². The van der Waals surface area contributed by atoms with Gasteiger partial charge < -0.3 is 18.0 Å². The first-order valence-corrected chi connectivity index (χ1v) is 11.5. The van der Waals surface area contributed by atoms with Gasteiger partial charge in [0.2, 0.25) is 0 Å². The van der Waals surface area contributed by atoms with Crippen LogP contribution in [0.3, 0.4) is 0 Å². The molecule has 0 rings (SSSR count). The van der Waals surface area contributed by atoms with Gasteiger partial charge in [-0.15, -0.1) is 0 Å². The Hall–Kier alpha value is -0.433. The van der Waals surface area contributed by atoms with Crippen molar-refractivity contribution in [2.45, 2.75) is 100 Å². The second kappa shape index (κ2) is 10.7. The first kappa shape index (κ1) is 24.6. The summed E-state index contributed by atoms with van der Waals surface area (Å²) in [5.74, 6) is 0.0698. The third-order valence-corrected chi connectivity index (χ3v) is 7.53. The maximum absolute atomic E-state index is 12.3. The summed E-state index contributed by atoms with van der Waals surface area (Å²) in [5.41, 5.74) is -0.480. The third-order valence-electron chi connectivity index (χ3n) is 4.08. The van der Waals surface area contributed by atoms with Crippen LogP contribution in [-0.2, 0) is 22.8 Å². The molecule has 0 N–H and O–H groups in total. The molecule has 0 aliphatic carbocycles. The maximum Gasteiger partial charge on any atom is 0.501 e. The minimum Gasteiger partial charge on any atom is -0.465 e. The van der Waals surface area contributed by atoms with E-state index in [9.17, 15) is 4.79 Å². The molecule has 0 heterocycles. The molecule has 0 aliphatic rings. The van der Waals surface area contributed by atoms with Crippen molar-refractivity contribution in [1.29, 1.82) is 0 Å². The summed E-state index contributed by atoms with van der Waals surface area (Å²) in [6.07, 6.45) is 0.725. The lowest BCUT2D eigenvalue weighted by molar-refractivity contribution is -0.156. The van der Waals surface area contributed by atoms with E-state index in [1.165, 1.54) is 0 Å². The molecule has 0 spiro atoms. The second-order valence-corrected chi connectivity index (χ2v) is 10.9. The summed E-state index contributed by atoms with van der Waals surface area (Å²) in [7, 11) is -2.82. The average molecular weight is 377 g/mol. The smallest absolute Gasteiger partial charge is 0.465 e. The first-order valence-electron chi connectivity index (χ1n) is 9.53. The summed E-state index contributed by atoms with van der Waals surface area (Å²) in [6.45, 7) is 20.2. The fraction of sp³-hybridized carbons (Fsp3) is 0.947. The van der Waals surface area contributed by atoms with E-state index >= 15 is 0 Å². The Labute approximate surface area is 156 Å². The van der Waals surface area contributed by atoms with E-state index in [4.69, 9.17) is 18.0 Å². The van der Waals surface area contributed by atoms with Gasteiger partial charge in [-0.1, -0.05) is 13.8 Å². The van der Waals surface area contributed by atoms with E-state index in [1.807, 2.05) is 69.2 Å². The molecule has 0 atom stereocenters. The van der Waals surface area contributed by atoms with Crippen LogP contribution in [0.4, 0.5) is 0 Å². The van der Waals surface area contributed by atoms with Crippen molar-refractivity contribution in [3.63, 3.8) is 0 Å². The lowest BCUT2D eigenvalue weighted by Crippen LogP contribution is -2.50. The fourth-order valence-corrected chi connectivity index (χ4v) is 5.46. The van der Waals surface area contributed by atoms with Gasteiger partial charge in [-0.05, 0) is 67.7 Å². The van der Waals surface area contributed by atoms with Crippen LogP contribution < -0.4 is 0 Å². The SMILES string of the molecule is CC(C)O[Si](CCCOC(=O)C(C)(C)C(C)C)(OC(C)C)OC(C)C. The predicted octanol–water partition coefficient (Wildman–Crippen LogP) is 4.82. The molecule has 0 fully saturated rings. The Morgan fingerprint density at radius 1 is 0.840 bits per heavy atom. The summed E-state index contributed by atoms with van der Waals surface area (Å²) >= 11 is 0. The Bertz CT molecular complexity index is 365. The van der Waals surface area contributed by atoms with Crippen LogP contribution in [0.5, 0.6) is 0 Å². The summed E-state index contributed by atoms with van der Waals surface area (Å²) in [5, 5.41) is 0. The van der Waals surface area contributed by atoms with Gasteiger partial charge in [0.05, 0.1) is 12.0 Å². The molecule has 0 aromatic carbocycles. The van der Waals surface area contributed by atoms with Crippen molar-refractivity contribution < 1.29 is 22.8 Å². The minimum absolute atomic E-state index is 0.0200. The number of hydrogen-bond donors (Lipinski definition) is 0. The monoisotopic (exact) mass is 376 g/mol. The van der Waals surface area contributed by atoms with E-state index in [1.54, 1.807) is 0 Å². The number of rotatable bonds is 12. The van der Waals surface area contributed by atoms with Gasteiger partial charge in [0, 0.05) is 24.4 Å². The summed E-state index contributed by atoms with van der Waals surface area (Å²) in [6, 6.07) is 0.636. The number of hydrogen-bond acceptors (Lipinski definition) is 5. The normalized spacial score (nSPS) is 13.4. The zero-order valence-electron chi connectivity index (χ0n) is 18.0. The van der Waals surface area contributed by atoms with Crippen LogP contribution >= 0.6 is 0 Å². The highest BCUT2D eigenvalue weighted by atomic mass is 28.4. The highest BCUT2D eigenvalue weighted by Crippen LogP contribution is 2.28. The van der Waals surface area contributed by atoms with Gasteiger partial charge in [0.15, 0.2) is 0 Å². The van der Waals surface area contributed by atoms with Crippen LogP contribution in [0, 0.1) is 11.3 Å². The van der Waals surface area contributed by atoms with Gasteiger partial charge in [0.1, 0.15) is 0 Å². The Kier molecular flexibility index (Phi) is 10.5. The van der Waals surface area contributed by atoms with Crippen molar-refractivity contribution in [3.8, 4) is 0 Å². The van der Waals surface area contributed by atoms with E-state index in [0.29, 0.717) is 19.1 Å². The van der Waals surface area contributed by atoms with Crippen LogP contribution in [0.1, 0.15) is 75.7 Å². The van der Waals surface area contributed by atoms with Crippen molar-refractivity contribution >= 4 is 14.8 Å². The molecule has 0 saturated heterocycles. The van der Waals surface area contributed by atoms with Crippen LogP contribution in [0.2, 0.25) is 6.04 Å². The zero-order valence-corrected chi connectivity index (χ0v) is 19.0. The number of esters is 1. The van der Waals surface area contributed by atoms with Crippen molar-refractivity contribution in [1.82, 2.24) is 0 Å². The molecule has 150 valence electrons. The fourth-order valence-electron chi connectivity index (χ4n) is 2.21. The van der Waals surface area contributed by atoms with Crippen LogP contribution in [0.15, 0.2) is 0 Å². The van der Waals surface area contributed by atoms with Crippen LogP contribution in [0.25, 0.3) is 0 Å². The number of ether oxygens (including phenoxy) is 1. The Morgan fingerprint density at radius 3 is 1.56 bits per heavy atom. The Balaban J connectivity index is 4.83. The molecule has 6 heteroatoms. The van der Waals surface area contributed by atoms with Crippen molar-refractivity contribution in [2.75, 3.05) is 6.61 Å². The van der Waals surface area contributed by atoms with E-state index < -0.39 is 14.2 Å². The molecule has 0 bridgehead atoms. The molecule has 25 heavy (non-hydrogen) atoms. The maximum atomic E-state index is 12.3. The molecule has 0 radical (unpaired) electrons. The largest absolute Gasteiger partial charge is 0.501 e. The number of carbonyl (C=O) groups excluding carboxylic acids is 1. The van der Waals surface area contributed by atoms with Gasteiger partial charge in [0.25, 0.3) is 0 Å². The molecular weight excluding hydrogens is 336 g/mol. The quantitative estimate of drug-likeness (QED) is 0.278. The molecule has 0 aromatic heterocycles. The molecule has 0 saturated carbocycles. The van der Waals surface area contributed by atoms with Crippen LogP contribution in [-0.4, -0.2) is 39.7 Å². The molecule has 0 unspecified atom stereocenters. The molecule has 0 aromatic rings. The Morgan fingerprint density at radius 2 is 1.24 bits per heavy atom. The topological polar surface area (TPSA) is 54.0 Å². The number of carbonyl (C=O) groups is 1. The van der Waals surface area contributed by atoms with Gasteiger partial charge >= 0.3 is 14.8 Å². The highest BCUT2D eigenvalue weighted by molar-refractivity contribution is 6.60. The van der Waals surface area contributed by atoms with Gasteiger partial charge in [-0.25, -0.2) is 0 Å². The van der Waals surface area contributed by atoms with Gasteiger partial charge in [-0.3, -0.25) is 4.79 Å². The average Bonchev–Trinajstić information content (AvgIpc) is 2.40. The van der Waals surface area contributed by atoms with E-state index in [2.05, 4.69) is 0 Å². The minimum atomic E-state index is -2.82. The zero-order chi connectivity index (χ0) is 19.8. The van der Waals surface area contributed by atoms with E-state index in [0.717, 1.165) is 0 Å². The lowest BCUT2D eigenvalue weighted by Gasteiger charge is -2.34. The molecule has 0 aliphatic heterocycles. The highest BCUT2D eigenvalue weighted by Gasteiger charge is 2.44.